The van der Waals surface area contributed by atoms with Gasteiger partial charge in [0.15, 0.2) is 0 Å². The molecule has 0 bridgehead atoms. The number of nitrogens with zero attached hydrogens (tertiary/aromatic N) is 2. The van der Waals surface area contributed by atoms with Crippen LogP contribution in [0, 0.1) is 10.1 Å². The summed E-state index contributed by atoms with van der Waals surface area (Å²) in [4.78, 5) is 21.1. The minimum Gasteiger partial charge on any atom is -0.349 e. The predicted molar refractivity (Wildman–Crippen MR) is 67.0 cm³/mol. The Kier molecular flexibility index (Phi) is 3.79. The standard InChI is InChI=1S/C13H9F3N2O3/c14-13(15,16)12(19)10-4-5-17(8-10)7-9-2-1-3-11(6-9)18(20)21/h1-6,8H,7H2. The van der Waals surface area contributed by atoms with Crippen LogP contribution in [0.5, 0.6) is 0 Å². The molecule has 0 aliphatic carbocycles. The molecule has 2 rings (SSSR count). The van der Waals surface area contributed by atoms with Crippen LogP contribution in [0.15, 0.2) is 42.7 Å². The van der Waals surface area contributed by atoms with E-state index >= 15 is 0 Å². The molecule has 0 fully saturated rings. The third-order valence-electron chi connectivity index (χ3n) is 2.76. The van der Waals surface area contributed by atoms with E-state index in [0.717, 1.165) is 12.3 Å². The van der Waals surface area contributed by atoms with Crippen LogP contribution in [0.3, 0.4) is 0 Å². The van der Waals surface area contributed by atoms with Crippen molar-refractivity contribution in [3.63, 3.8) is 0 Å². The summed E-state index contributed by atoms with van der Waals surface area (Å²) >= 11 is 0. The Morgan fingerprint density at radius 1 is 1.29 bits per heavy atom. The molecule has 0 radical (unpaired) electrons. The first-order valence-corrected chi connectivity index (χ1v) is 5.78. The number of nitro groups is 1. The van der Waals surface area contributed by atoms with E-state index in [1.807, 2.05) is 0 Å². The summed E-state index contributed by atoms with van der Waals surface area (Å²) in [6.45, 7) is 0.132. The molecular weight excluding hydrogens is 289 g/mol. The molecule has 0 unspecified atom stereocenters. The van der Waals surface area contributed by atoms with Crippen LogP contribution in [0.4, 0.5) is 18.9 Å². The predicted octanol–water partition coefficient (Wildman–Crippen LogP) is 3.19. The van der Waals surface area contributed by atoms with Gasteiger partial charge in [0.1, 0.15) is 0 Å². The first-order valence-electron chi connectivity index (χ1n) is 5.78. The lowest BCUT2D eigenvalue weighted by molar-refractivity contribution is -0.384. The highest BCUT2D eigenvalue weighted by atomic mass is 19.4. The maximum Gasteiger partial charge on any atom is 0.454 e. The maximum absolute atomic E-state index is 12.3. The van der Waals surface area contributed by atoms with Crippen molar-refractivity contribution in [2.24, 2.45) is 0 Å². The fraction of sp³-hybridized carbons (Fsp3) is 0.154. The molecule has 1 aromatic carbocycles. The van der Waals surface area contributed by atoms with Gasteiger partial charge in [-0.25, -0.2) is 0 Å². The van der Waals surface area contributed by atoms with E-state index in [9.17, 15) is 28.1 Å². The molecule has 0 saturated carbocycles. The quantitative estimate of drug-likeness (QED) is 0.494. The highest BCUT2D eigenvalue weighted by Crippen LogP contribution is 2.22. The number of hydrogen-bond acceptors (Lipinski definition) is 3. The van der Waals surface area contributed by atoms with E-state index in [-0.39, 0.29) is 12.2 Å². The van der Waals surface area contributed by atoms with Crippen molar-refractivity contribution < 1.29 is 22.9 Å². The van der Waals surface area contributed by atoms with E-state index < -0.39 is 22.4 Å². The zero-order valence-corrected chi connectivity index (χ0v) is 10.5. The van der Waals surface area contributed by atoms with E-state index in [1.54, 1.807) is 6.07 Å². The molecule has 0 aliphatic heterocycles. The zero-order valence-electron chi connectivity index (χ0n) is 10.5. The van der Waals surface area contributed by atoms with Gasteiger partial charge in [0.25, 0.3) is 11.5 Å². The Bertz CT molecular complexity index is 692. The lowest BCUT2D eigenvalue weighted by Crippen LogP contribution is -2.22. The Hall–Kier alpha value is -2.64. The summed E-state index contributed by atoms with van der Waals surface area (Å²) in [7, 11) is 0. The number of nitro benzene ring substituents is 1. The molecule has 0 spiro atoms. The number of benzene rings is 1. The number of hydrogen-bond donors (Lipinski definition) is 0. The molecular formula is C13H9F3N2O3. The third kappa shape index (κ3) is 3.47. The molecule has 1 heterocycles. The fourth-order valence-electron chi connectivity index (χ4n) is 1.82. The largest absolute Gasteiger partial charge is 0.454 e. The maximum atomic E-state index is 12.3. The molecule has 0 aliphatic rings. The van der Waals surface area contributed by atoms with Crippen LogP contribution < -0.4 is 0 Å². The van der Waals surface area contributed by atoms with Gasteiger partial charge < -0.3 is 4.57 Å². The molecule has 0 atom stereocenters. The molecule has 0 amide bonds. The van der Waals surface area contributed by atoms with Crippen molar-refractivity contribution in [1.82, 2.24) is 4.57 Å². The van der Waals surface area contributed by atoms with E-state index in [1.165, 1.54) is 29.0 Å². The topological polar surface area (TPSA) is 65.1 Å². The summed E-state index contributed by atoms with van der Waals surface area (Å²) in [5.41, 5.74) is -0.0232. The Balaban J connectivity index is 2.18. The van der Waals surface area contributed by atoms with Gasteiger partial charge in [0.05, 0.1) is 4.92 Å². The highest BCUT2D eigenvalue weighted by Gasteiger charge is 2.39. The zero-order chi connectivity index (χ0) is 15.6. The molecule has 0 saturated heterocycles. The molecule has 110 valence electrons. The summed E-state index contributed by atoms with van der Waals surface area (Å²) in [5, 5.41) is 10.6. The minimum atomic E-state index is -4.92. The van der Waals surface area contributed by atoms with Crippen LogP contribution in [0.25, 0.3) is 0 Å². The summed E-state index contributed by atoms with van der Waals surface area (Å²) < 4.78 is 38.2. The van der Waals surface area contributed by atoms with Gasteiger partial charge in [-0.2, -0.15) is 13.2 Å². The van der Waals surface area contributed by atoms with E-state index in [0.29, 0.717) is 5.56 Å². The first kappa shape index (κ1) is 14.8. The molecule has 8 heteroatoms. The van der Waals surface area contributed by atoms with Crippen molar-refractivity contribution in [2.75, 3.05) is 0 Å². The van der Waals surface area contributed by atoms with E-state index in [4.69, 9.17) is 0 Å². The highest BCUT2D eigenvalue weighted by molar-refractivity contribution is 6.00. The van der Waals surface area contributed by atoms with Crippen LogP contribution in [0.1, 0.15) is 15.9 Å². The second kappa shape index (κ2) is 5.39. The Labute approximate surface area is 116 Å². The summed E-state index contributed by atoms with van der Waals surface area (Å²) in [5.74, 6) is -1.92. The van der Waals surface area contributed by atoms with Crippen LogP contribution in [0.2, 0.25) is 0 Å². The smallest absolute Gasteiger partial charge is 0.349 e. The van der Waals surface area contributed by atoms with Crippen LogP contribution in [-0.4, -0.2) is 21.4 Å². The van der Waals surface area contributed by atoms with Crippen molar-refractivity contribution in [3.8, 4) is 0 Å². The first-order chi connectivity index (χ1) is 9.77. The second-order valence-electron chi connectivity index (χ2n) is 4.33. The minimum absolute atomic E-state index is 0.105. The number of carbonyl (C=O) groups excluding carboxylic acids is 1. The van der Waals surface area contributed by atoms with Gasteiger partial charge in [-0.3, -0.25) is 14.9 Å². The Morgan fingerprint density at radius 3 is 2.62 bits per heavy atom. The van der Waals surface area contributed by atoms with Crippen LogP contribution >= 0.6 is 0 Å². The lowest BCUT2D eigenvalue weighted by atomic mass is 10.2. The lowest BCUT2D eigenvalue weighted by Gasteiger charge is -2.04. The molecule has 1 aromatic heterocycles. The normalized spacial score (nSPS) is 11.4. The summed E-state index contributed by atoms with van der Waals surface area (Å²) in [6.07, 6.45) is -2.54. The van der Waals surface area contributed by atoms with Crippen molar-refractivity contribution in [1.29, 1.82) is 0 Å². The average molecular weight is 298 g/mol. The second-order valence-corrected chi connectivity index (χ2v) is 4.33. The van der Waals surface area contributed by atoms with Gasteiger partial charge in [0.2, 0.25) is 0 Å². The average Bonchev–Trinajstić information content (AvgIpc) is 2.85. The molecule has 5 nitrogen and oxygen atoms in total. The number of carbonyl (C=O) groups is 1. The molecule has 21 heavy (non-hydrogen) atoms. The van der Waals surface area contributed by atoms with Gasteiger partial charge in [0, 0.05) is 36.6 Å². The van der Waals surface area contributed by atoms with Gasteiger partial charge in [-0.05, 0) is 11.6 Å². The van der Waals surface area contributed by atoms with Gasteiger partial charge in [-0.1, -0.05) is 12.1 Å². The van der Waals surface area contributed by atoms with Crippen LogP contribution in [-0.2, 0) is 6.54 Å². The number of alkyl halides is 3. The SMILES string of the molecule is O=C(c1ccn(Cc2cccc([N+](=O)[O-])c2)c1)C(F)(F)F. The number of ketones is 1. The van der Waals surface area contributed by atoms with Crippen molar-refractivity contribution in [2.45, 2.75) is 12.7 Å². The number of rotatable bonds is 4. The summed E-state index contributed by atoms with van der Waals surface area (Å²) in [6, 6.07) is 6.80. The number of Topliss-reactive ketones (excluding diaryl/α,β-unsaturated/α-hetero) is 1. The molecule has 2 aromatic rings. The monoisotopic (exact) mass is 298 g/mol. The van der Waals surface area contributed by atoms with Crippen molar-refractivity contribution in [3.05, 3.63) is 64.0 Å². The van der Waals surface area contributed by atoms with Gasteiger partial charge >= 0.3 is 6.18 Å². The van der Waals surface area contributed by atoms with Crippen molar-refractivity contribution >= 4 is 11.5 Å². The van der Waals surface area contributed by atoms with E-state index in [2.05, 4.69) is 0 Å². The number of non-ortho nitro benzene ring substituents is 1. The number of halogens is 3. The molecule has 0 N–H and O–H groups in total. The number of aromatic nitrogens is 1. The fourth-order valence-corrected chi connectivity index (χ4v) is 1.82. The Morgan fingerprint density at radius 2 is 2.00 bits per heavy atom. The van der Waals surface area contributed by atoms with Gasteiger partial charge in [-0.15, -0.1) is 0 Å². The third-order valence-corrected chi connectivity index (χ3v) is 2.76.